The summed E-state index contributed by atoms with van der Waals surface area (Å²) in [4.78, 5) is 20.3. The number of aromatic nitrogens is 4. The zero-order valence-electron chi connectivity index (χ0n) is 16.3. The molecule has 2 heterocycles. The van der Waals surface area contributed by atoms with Crippen LogP contribution in [-0.4, -0.2) is 46.9 Å². The van der Waals surface area contributed by atoms with Crippen LogP contribution in [0.2, 0.25) is 0 Å². The van der Waals surface area contributed by atoms with Crippen molar-refractivity contribution in [3.8, 4) is 17.3 Å². The van der Waals surface area contributed by atoms with Crippen molar-refractivity contribution >= 4 is 33.3 Å². The minimum atomic E-state index is -3.39. The van der Waals surface area contributed by atoms with Gasteiger partial charge in [0.15, 0.2) is 5.82 Å². The molecule has 0 aliphatic heterocycles. The van der Waals surface area contributed by atoms with Gasteiger partial charge in [-0.05, 0) is 32.0 Å². The van der Waals surface area contributed by atoms with E-state index in [1.54, 1.807) is 37.3 Å². The van der Waals surface area contributed by atoms with Gasteiger partial charge >= 0.3 is 6.01 Å². The van der Waals surface area contributed by atoms with Crippen molar-refractivity contribution in [3.05, 3.63) is 42.1 Å². The van der Waals surface area contributed by atoms with Gasteiger partial charge in [0.25, 0.3) is 5.91 Å². The Morgan fingerprint density at radius 2 is 1.93 bits per heavy atom. The third-order valence-electron chi connectivity index (χ3n) is 3.99. The molecule has 158 valence electrons. The van der Waals surface area contributed by atoms with E-state index in [0.717, 1.165) is 0 Å². The topological polar surface area (TPSA) is 165 Å². The number of rotatable bonds is 9. The van der Waals surface area contributed by atoms with Gasteiger partial charge in [-0.2, -0.15) is 10.1 Å². The number of nitrogens with two attached hydrogens (primary N) is 1. The van der Waals surface area contributed by atoms with Crippen LogP contribution < -0.4 is 20.5 Å². The van der Waals surface area contributed by atoms with E-state index in [-0.39, 0.29) is 23.1 Å². The number of carbonyl (C=O) groups is 1. The third kappa shape index (κ3) is 4.84. The molecular formula is C18H21N7O4S. The number of nitrogens with one attached hydrogen (secondary N) is 3. The summed E-state index contributed by atoms with van der Waals surface area (Å²) in [7, 11) is -3.39. The fourth-order valence-electron chi connectivity index (χ4n) is 2.57. The molecule has 0 saturated carbocycles. The maximum absolute atomic E-state index is 12.1. The Kier molecular flexibility index (Phi) is 6.16. The van der Waals surface area contributed by atoms with Gasteiger partial charge in [-0.1, -0.05) is 12.1 Å². The Morgan fingerprint density at radius 3 is 2.57 bits per heavy atom. The summed E-state index contributed by atoms with van der Waals surface area (Å²) in [6.07, 6.45) is 1.51. The molecule has 0 aliphatic rings. The number of primary amides is 1. The number of nitrogens with zero attached hydrogens (tertiary/aromatic N) is 3. The van der Waals surface area contributed by atoms with Crippen LogP contribution in [0.15, 0.2) is 36.5 Å². The van der Waals surface area contributed by atoms with Gasteiger partial charge in [0.05, 0.1) is 18.1 Å². The maximum Gasteiger partial charge on any atom is 0.318 e. The Hall–Kier alpha value is -3.67. The molecule has 0 atom stereocenters. The number of hydrogen-bond donors (Lipinski definition) is 4. The first-order valence-electron chi connectivity index (χ1n) is 9.05. The number of benzene rings is 1. The van der Waals surface area contributed by atoms with Gasteiger partial charge in [0.1, 0.15) is 11.4 Å². The molecule has 5 N–H and O–H groups in total. The van der Waals surface area contributed by atoms with E-state index in [4.69, 9.17) is 10.5 Å². The van der Waals surface area contributed by atoms with Crippen LogP contribution in [0.3, 0.4) is 0 Å². The molecule has 0 radical (unpaired) electrons. The first-order valence-corrected chi connectivity index (χ1v) is 10.7. The molecule has 0 fully saturated rings. The molecule has 0 saturated heterocycles. The van der Waals surface area contributed by atoms with E-state index >= 15 is 0 Å². The molecule has 3 rings (SSSR count). The molecule has 30 heavy (non-hydrogen) atoms. The highest BCUT2D eigenvalue weighted by Crippen LogP contribution is 2.29. The minimum absolute atomic E-state index is 0.0375. The van der Waals surface area contributed by atoms with Crippen molar-refractivity contribution < 1.29 is 17.9 Å². The molecule has 0 spiro atoms. The van der Waals surface area contributed by atoms with E-state index in [2.05, 4.69) is 30.2 Å². The smallest absolute Gasteiger partial charge is 0.318 e. The first kappa shape index (κ1) is 21.0. The van der Waals surface area contributed by atoms with Crippen molar-refractivity contribution in [2.75, 3.05) is 22.4 Å². The number of carbonyl (C=O) groups excluding carboxylic acids is 1. The standard InChI is InChI=1S/C18H21N7O4S/c1-3-29-18-20-10-9-13(22-18)21-17-14(16(19)26)15(23-24-17)11-5-7-12(8-6-11)25-30(27,28)4-2/h5-10,25H,3-4H2,1-2H3,(H2,19,26)(H2,20,21,22,23,24). The number of amides is 1. The number of sulfonamides is 1. The van der Waals surface area contributed by atoms with Crippen molar-refractivity contribution in [2.24, 2.45) is 5.73 Å². The fraction of sp³-hybridized carbons (Fsp3) is 0.222. The second-order valence-electron chi connectivity index (χ2n) is 6.05. The van der Waals surface area contributed by atoms with Gasteiger partial charge in [0.2, 0.25) is 10.0 Å². The van der Waals surface area contributed by atoms with Crippen LogP contribution >= 0.6 is 0 Å². The van der Waals surface area contributed by atoms with Crippen molar-refractivity contribution in [1.29, 1.82) is 0 Å². The van der Waals surface area contributed by atoms with Crippen LogP contribution in [0.25, 0.3) is 11.3 Å². The molecular weight excluding hydrogens is 410 g/mol. The quantitative estimate of drug-likeness (QED) is 0.398. The molecule has 3 aromatic rings. The molecule has 1 amide bonds. The average molecular weight is 431 g/mol. The normalized spacial score (nSPS) is 11.1. The van der Waals surface area contributed by atoms with E-state index in [9.17, 15) is 13.2 Å². The summed E-state index contributed by atoms with van der Waals surface area (Å²) in [6.45, 7) is 3.77. The van der Waals surface area contributed by atoms with E-state index in [1.165, 1.54) is 6.20 Å². The van der Waals surface area contributed by atoms with Gasteiger partial charge in [-0.15, -0.1) is 0 Å². The summed E-state index contributed by atoms with van der Waals surface area (Å²) in [5.41, 5.74) is 7.09. The number of anilines is 3. The number of ether oxygens (including phenoxy) is 1. The van der Waals surface area contributed by atoms with Crippen LogP contribution in [0.1, 0.15) is 24.2 Å². The van der Waals surface area contributed by atoms with E-state index < -0.39 is 15.9 Å². The van der Waals surface area contributed by atoms with E-state index in [0.29, 0.717) is 29.4 Å². The van der Waals surface area contributed by atoms with Crippen LogP contribution in [0.4, 0.5) is 17.3 Å². The lowest BCUT2D eigenvalue weighted by Crippen LogP contribution is -2.14. The number of hydrogen-bond acceptors (Lipinski definition) is 8. The summed E-state index contributed by atoms with van der Waals surface area (Å²) in [5.74, 6) is -0.173. The van der Waals surface area contributed by atoms with Gasteiger partial charge in [0, 0.05) is 17.4 Å². The molecule has 1 aromatic carbocycles. The van der Waals surface area contributed by atoms with Crippen LogP contribution in [-0.2, 0) is 10.0 Å². The Balaban J connectivity index is 1.89. The third-order valence-corrected chi connectivity index (χ3v) is 5.30. The van der Waals surface area contributed by atoms with Crippen LogP contribution in [0, 0.1) is 0 Å². The van der Waals surface area contributed by atoms with Crippen molar-refractivity contribution in [2.45, 2.75) is 13.8 Å². The fourth-order valence-corrected chi connectivity index (χ4v) is 3.21. The summed E-state index contributed by atoms with van der Waals surface area (Å²) >= 11 is 0. The molecule has 2 aromatic heterocycles. The lowest BCUT2D eigenvalue weighted by atomic mass is 10.1. The van der Waals surface area contributed by atoms with Gasteiger partial charge < -0.3 is 15.8 Å². The minimum Gasteiger partial charge on any atom is -0.464 e. The Labute approximate surface area is 173 Å². The molecule has 0 aliphatic carbocycles. The highest BCUT2D eigenvalue weighted by molar-refractivity contribution is 7.92. The molecule has 11 nitrogen and oxygen atoms in total. The second kappa shape index (κ2) is 8.78. The van der Waals surface area contributed by atoms with Crippen molar-refractivity contribution in [3.63, 3.8) is 0 Å². The number of H-pyrrole nitrogens is 1. The maximum atomic E-state index is 12.1. The average Bonchev–Trinajstić information content (AvgIpc) is 3.12. The second-order valence-corrected chi connectivity index (χ2v) is 8.06. The highest BCUT2D eigenvalue weighted by atomic mass is 32.2. The highest BCUT2D eigenvalue weighted by Gasteiger charge is 2.20. The molecule has 0 unspecified atom stereocenters. The van der Waals surface area contributed by atoms with Gasteiger partial charge in [-0.25, -0.2) is 13.4 Å². The molecule has 0 bridgehead atoms. The summed E-state index contributed by atoms with van der Waals surface area (Å²) in [5, 5.41) is 9.84. The van der Waals surface area contributed by atoms with Crippen molar-refractivity contribution in [1.82, 2.24) is 20.2 Å². The largest absolute Gasteiger partial charge is 0.464 e. The predicted molar refractivity (Wildman–Crippen MR) is 112 cm³/mol. The van der Waals surface area contributed by atoms with Crippen LogP contribution in [0.5, 0.6) is 6.01 Å². The Morgan fingerprint density at radius 1 is 1.20 bits per heavy atom. The lowest BCUT2D eigenvalue weighted by molar-refractivity contribution is 0.100. The Bertz CT molecular complexity index is 1140. The SMILES string of the molecule is CCOc1nccc(Nc2n[nH]c(-c3ccc(NS(=O)(=O)CC)cc3)c2C(N)=O)n1. The zero-order chi connectivity index (χ0) is 21.7. The summed E-state index contributed by atoms with van der Waals surface area (Å²) in [6, 6.07) is 8.24. The van der Waals surface area contributed by atoms with Gasteiger partial charge in [-0.3, -0.25) is 14.6 Å². The lowest BCUT2D eigenvalue weighted by Gasteiger charge is -2.08. The monoisotopic (exact) mass is 431 g/mol. The predicted octanol–water partition coefficient (Wildman–Crippen LogP) is 1.87. The van der Waals surface area contributed by atoms with E-state index in [1.807, 2.05) is 6.92 Å². The number of aromatic amines is 1. The zero-order valence-corrected chi connectivity index (χ0v) is 17.2. The molecule has 12 heteroatoms. The summed E-state index contributed by atoms with van der Waals surface area (Å²) < 4.78 is 31.1. The first-order chi connectivity index (χ1) is 14.3.